The summed E-state index contributed by atoms with van der Waals surface area (Å²) >= 11 is 0. The first kappa shape index (κ1) is 13.6. The average Bonchev–Trinajstić information content (AvgIpc) is 2.61. The van der Waals surface area contributed by atoms with Crippen molar-refractivity contribution in [2.24, 2.45) is 7.05 Å². The Balaban J connectivity index is 2.53. The SMILES string of the molecule is Cc1nn(C)c(N2CCN(C)C(=O)C2(C)C)c1C=O. The second-order valence-corrected chi connectivity index (χ2v) is 5.50. The molecule has 0 spiro atoms. The van der Waals surface area contributed by atoms with Gasteiger partial charge in [0, 0.05) is 27.2 Å². The summed E-state index contributed by atoms with van der Waals surface area (Å²) in [4.78, 5) is 27.3. The molecule has 0 radical (unpaired) electrons. The molecule has 104 valence electrons. The maximum Gasteiger partial charge on any atom is 0.247 e. The molecule has 6 nitrogen and oxygen atoms in total. The number of likely N-dealkylation sites (N-methyl/N-ethyl adjacent to an activating group) is 1. The highest BCUT2D eigenvalue weighted by atomic mass is 16.2. The number of anilines is 1. The van der Waals surface area contributed by atoms with Crippen molar-refractivity contribution in [2.45, 2.75) is 26.3 Å². The third-order valence-electron chi connectivity index (χ3n) is 3.81. The quantitative estimate of drug-likeness (QED) is 0.734. The van der Waals surface area contributed by atoms with Crippen molar-refractivity contribution in [1.29, 1.82) is 0 Å². The Hall–Kier alpha value is -1.85. The van der Waals surface area contributed by atoms with Crippen LogP contribution in [0, 0.1) is 6.92 Å². The van der Waals surface area contributed by atoms with Crippen molar-refractivity contribution in [3.05, 3.63) is 11.3 Å². The number of amides is 1. The molecule has 2 heterocycles. The minimum absolute atomic E-state index is 0.0504. The first-order valence-corrected chi connectivity index (χ1v) is 6.32. The summed E-state index contributed by atoms with van der Waals surface area (Å²) < 4.78 is 1.68. The molecule has 0 N–H and O–H groups in total. The number of piperazine rings is 1. The molecule has 6 heteroatoms. The van der Waals surface area contributed by atoms with Gasteiger partial charge in [0.05, 0.1) is 11.3 Å². The molecule has 1 amide bonds. The Morgan fingerprint density at radius 1 is 1.26 bits per heavy atom. The second-order valence-electron chi connectivity index (χ2n) is 5.50. The Morgan fingerprint density at radius 2 is 1.89 bits per heavy atom. The third-order valence-corrected chi connectivity index (χ3v) is 3.81. The van der Waals surface area contributed by atoms with E-state index >= 15 is 0 Å². The Labute approximate surface area is 113 Å². The van der Waals surface area contributed by atoms with Crippen LogP contribution in [0.4, 0.5) is 5.82 Å². The van der Waals surface area contributed by atoms with Crippen LogP contribution in [-0.2, 0) is 11.8 Å². The molecule has 0 bridgehead atoms. The number of aryl methyl sites for hydroxylation is 2. The van der Waals surface area contributed by atoms with Crippen molar-refractivity contribution >= 4 is 18.0 Å². The standard InChI is InChI=1S/C13H20N4O2/c1-9-10(8-18)11(16(5)14-9)17-7-6-15(4)12(19)13(17,2)3/h8H,6-7H2,1-5H3. The number of aldehydes is 1. The molecule has 1 aromatic rings. The molecular formula is C13H20N4O2. The van der Waals surface area contributed by atoms with E-state index in [-0.39, 0.29) is 5.91 Å². The molecule has 1 saturated heterocycles. The van der Waals surface area contributed by atoms with Crippen molar-refractivity contribution in [3.8, 4) is 0 Å². The van der Waals surface area contributed by atoms with E-state index in [0.29, 0.717) is 24.3 Å². The summed E-state index contributed by atoms with van der Waals surface area (Å²) in [6, 6.07) is 0. The fourth-order valence-electron chi connectivity index (χ4n) is 2.70. The number of hydrogen-bond donors (Lipinski definition) is 0. The minimum Gasteiger partial charge on any atom is -0.342 e. The topological polar surface area (TPSA) is 58.4 Å². The van der Waals surface area contributed by atoms with E-state index in [1.165, 1.54) is 0 Å². The van der Waals surface area contributed by atoms with Gasteiger partial charge >= 0.3 is 0 Å². The number of aromatic nitrogens is 2. The highest BCUT2D eigenvalue weighted by Crippen LogP contribution is 2.31. The summed E-state index contributed by atoms with van der Waals surface area (Å²) in [7, 11) is 3.60. The zero-order valence-electron chi connectivity index (χ0n) is 12.1. The number of carbonyl (C=O) groups is 2. The second kappa shape index (κ2) is 4.36. The van der Waals surface area contributed by atoms with Crippen LogP contribution in [0.5, 0.6) is 0 Å². The molecule has 1 aromatic heterocycles. The van der Waals surface area contributed by atoms with Crippen molar-refractivity contribution in [1.82, 2.24) is 14.7 Å². The molecule has 2 rings (SSSR count). The lowest BCUT2D eigenvalue weighted by molar-refractivity contribution is -0.136. The summed E-state index contributed by atoms with van der Waals surface area (Å²) in [5.41, 5.74) is 0.577. The van der Waals surface area contributed by atoms with Crippen LogP contribution in [0.25, 0.3) is 0 Å². The van der Waals surface area contributed by atoms with Gasteiger partial charge in [-0.15, -0.1) is 0 Å². The molecular weight excluding hydrogens is 244 g/mol. The number of nitrogens with zero attached hydrogens (tertiary/aromatic N) is 4. The van der Waals surface area contributed by atoms with Gasteiger partial charge in [-0.2, -0.15) is 5.10 Å². The van der Waals surface area contributed by atoms with Crippen molar-refractivity contribution in [3.63, 3.8) is 0 Å². The van der Waals surface area contributed by atoms with E-state index in [2.05, 4.69) is 5.10 Å². The largest absolute Gasteiger partial charge is 0.342 e. The summed E-state index contributed by atoms with van der Waals surface area (Å²) in [6.45, 7) is 6.89. The van der Waals surface area contributed by atoms with Crippen LogP contribution in [0.15, 0.2) is 0 Å². The van der Waals surface area contributed by atoms with E-state index in [1.54, 1.807) is 30.6 Å². The zero-order chi connectivity index (χ0) is 14.4. The lowest BCUT2D eigenvalue weighted by Gasteiger charge is -2.45. The lowest BCUT2D eigenvalue weighted by atomic mass is 9.97. The number of hydrogen-bond acceptors (Lipinski definition) is 4. The van der Waals surface area contributed by atoms with Gasteiger partial charge in [0.1, 0.15) is 11.4 Å². The van der Waals surface area contributed by atoms with Crippen LogP contribution in [0.1, 0.15) is 29.9 Å². The monoisotopic (exact) mass is 264 g/mol. The van der Waals surface area contributed by atoms with Gasteiger partial charge in [0.15, 0.2) is 6.29 Å². The molecule has 0 aromatic carbocycles. The molecule has 0 unspecified atom stereocenters. The summed E-state index contributed by atoms with van der Waals surface area (Å²) in [6.07, 6.45) is 0.816. The van der Waals surface area contributed by atoms with Gasteiger partial charge in [-0.1, -0.05) is 0 Å². The maximum atomic E-state index is 12.3. The molecule has 1 fully saturated rings. The van der Waals surface area contributed by atoms with Crippen LogP contribution in [-0.4, -0.2) is 52.5 Å². The smallest absolute Gasteiger partial charge is 0.247 e. The predicted molar refractivity (Wildman–Crippen MR) is 72.4 cm³/mol. The van der Waals surface area contributed by atoms with E-state index < -0.39 is 5.54 Å². The van der Waals surface area contributed by atoms with Crippen LogP contribution in [0.2, 0.25) is 0 Å². The van der Waals surface area contributed by atoms with E-state index in [9.17, 15) is 9.59 Å². The fourth-order valence-corrected chi connectivity index (χ4v) is 2.70. The van der Waals surface area contributed by atoms with E-state index in [0.717, 1.165) is 12.1 Å². The van der Waals surface area contributed by atoms with Gasteiger partial charge in [-0.3, -0.25) is 14.3 Å². The Kier molecular flexibility index (Phi) is 3.12. The van der Waals surface area contributed by atoms with Crippen molar-refractivity contribution < 1.29 is 9.59 Å². The van der Waals surface area contributed by atoms with Gasteiger partial charge in [0.2, 0.25) is 5.91 Å². The minimum atomic E-state index is -0.676. The van der Waals surface area contributed by atoms with Crippen LogP contribution in [0.3, 0.4) is 0 Å². The normalized spacial score (nSPS) is 18.9. The Morgan fingerprint density at radius 3 is 2.47 bits per heavy atom. The summed E-state index contributed by atoms with van der Waals surface area (Å²) in [5.74, 6) is 0.772. The lowest BCUT2D eigenvalue weighted by Crippen LogP contribution is -2.62. The maximum absolute atomic E-state index is 12.3. The number of rotatable bonds is 2. The molecule has 0 atom stereocenters. The predicted octanol–water partition coefficient (Wildman–Crippen LogP) is 0.598. The molecule has 0 saturated carbocycles. The van der Waals surface area contributed by atoms with Crippen LogP contribution >= 0.6 is 0 Å². The third kappa shape index (κ3) is 1.91. The summed E-state index contributed by atoms with van der Waals surface area (Å²) in [5, 5.41) is 4.29. The molecule has 1 aliphatic heterocycles. The first-order chi connectivity index (χ1) is 8.80. The van der Waals surface area contributed by atoms with Gasteiger partial charge in [0.25, 0.3) is 0 Å². The van der Waals surface area contributed by atoms with E-state index in [4.69, 9.17) is 0 Å². The molecule has 1 aliphatic rings. The van der Waals surface area contributed by atoms with Gasteiger partial charge in [-0.25, -0.2) is 0 Å². The molecule has 19 heavy (non-hydrogen) atoms. The average molecular weight is 264 g/mol. The van der Waals surface area contributed by atoms with E-state index in [1.807, 2.05) is 18.7 Å². The Bertz CT molecular complexity index is 533. The fraction of sp³-hybridized carbons (Fsp3) is 0.615. The first-order valence-electron chi connectivity index (χ1n) is 6.32. The number of carbonyl (C=O) groups excluding carboxylic acids is 2. The zero-order valence-corrected chi connectivity index (χ0v) is 12.1. The van der Waals surface area contributed by atoms with Crippen LogP contribution < -0.4 is 4.90 Å². The highest BCUT2D eigenvalue weighted by molar-refractivity contribution is 5.93. The molecule has 0 aliphatic carbocycles. The van der Waals surface area contributed by atoms with Crippen molar-refractivity contribution in [2.75, 3.05) is 25.0 Å². The highest BCUT2D eigenvalue weighted by Gasteiger charge is 2.42. The van der Waals surface area contributed by atoms with Gasteiger partial charge < -0.3 is 9.80 Å². The van der Waals surface area contributed by atoms with Gasteiger partial charge in [-0.05, 0) is 20.8 Å².